The average Bonchev–Trinajstić information content (AvgIpc) is 4.05. The van der Waals surface area contributed by atoms with Crippen LogP contribution in [0.3, 0.4) is 0 Å². The first kappa shape index (κ1) is 35.1. The third-order valence-electron chi connectivity index (χ3n) is 12.1. The molecule has 7 heteroatoms. The van der Waals surface area contributed by atoms with E-state index >= 15 is 0 Å². The Hall–Kier alpha value is -8.68. The molecule has 63 heavy (non-hydrogen) atoms. The van der Waals surface area contributed by atoms with Crippen LogP contribution in [-0.2, 0) is 0 Å². The van der Waals surface area contributed by atoms with Gasteiger partial charge in [0.1, 0.15) is 33.5 Å². The lowest BCUT2D eigenvalue weighted by molar-refractivity contribution is 0.668. The first-order valence-corrected chi connectivity index (χ1v) is 20.8. The van der Waals surface area contributed by atoms with Gasteiger partial charge in [-0.3, -0.25) is 4.98 Å². The molecule has 0 atom stereocenters. The van der Waals surface area contributed by atoms with E-state index < -0.39 is 0 Å². The predicted octanol–water partition coefficient (Wildman–Crippen LogP) is 15.0. The van der Waals surface area contributed by atoms with E-state index in [1.807, 2.05) is 79.0 Å². The van der Waals surface area contributed by atoms with Crippen molar-refractivity contribution < 1.29 is 13.3 Å². The van der Waals surface area contributed by atoms with Crippen LogP contribution in [0.25, 0.3) is 133 Å². The van der Waals surface area contributed by atoms with Crippen LogP contribution in [0.2, 0.25) is 0 Å². The Kier molecular flexibility index (Phi) is 7.77. The summed E-state index contributed by atoms with van der Waals surface area (Å²) in [5.74, 6) is 1.67. The summed E-state index contributed by atoms with van der Waals surface area (Å²) in [5.41, 5.74) is 13.8. The summed E-state index contributed by atoms with van der Waals surface area (Å²) in [6.07, 6.45) is 3.64. The number of pyridine rings is 1. The maximum absolute atomic E-state index is 6.71. The van der Waals surface area contributed by atoms with Gasteiger partial charge in [0, 0.05) is 72.5 Å². The van der Waals surface area contributed by atoms with Crippen LogP contribution in [0.4, 0.5) is 0 Å². The highest BCUT2D eigenvalue weighted by Gasteiger charge is 2.20. The molecule has 7 nitrogen and oxygen atoms in total. The van der Waals surface area contributed by atoms with E-state index in [1.54, 1.807) is 6.20 Å². The van der Waals surface area contributed by atoms with Crippen molar-refractivity contribution in [2.24, 2.45) is 0 Å². The molecule has 0 aliphatic heterocycles. The number of rotatable bonds is 6. The highest BCUT2D eigenvalue weighted by Crippen LogP contribution is 2.43. The molecule has 0 N–H and O–H groups in total. The van der Waals surface area contributed by atoms with E-state index in [0.717, 1.165) is 116 Å². The lowest BCUT2D eigenvalue weighted by Gasteiger charge is -2.12. The van der Waals surface area contributed by atoms with E-state index in [4.69, 9.17) is 28.2 Å². The van der Waals surface area contributed by atoms with Gasteiger partial charge in [-0.2, -0.15) is 0 Å². The molecule has 13 rings (SSSR count). The van der Waals surface area contributed by atoms with Crippen molar-refractivity contribution in [2.75, 3.05) is 0 Å². The number of para-hydroxylation sites is 3. The van der Waals surface area contributed by atoms with E-state index in [1.165, 1.54) is 0 Å². The number of aromatic nitrogens is 4. The average molecular weight is 809 g/mol. The molecule has 294 valence electrons. The molecule has 0 spiro atoms. The standard InChI is InChI=1S/C56H32N4O3/c1-2-14-44(38(11-1)37-10-9-29-57-32-37)56-59-54(58-55(60-56)36-23-25-43-41-12-3-6-16-47(41)62-51(43)31-36)34-21-19-33(20-22-34)39-26-27-40(53-52(39)45-15-5-8-18-49(45)63-53)35-24-28-50-46(30-35)42-13-4-7-17-48(42)61-50/h1-32H. The second kappa shape index (κ2) is 13.9. The molecule has 0 saturated heterocycles. The zero-order chi connectivity index (χ0) is 41.4. The lowest BCUT2D eigenvalue weighted by atomic mass is 9.93. The molecule has 0 aliphatic rings. The van der Waals surface area contributed by atoms with E-state index in [2.05, 4.69) is 114 Å². The second-order valence-electron chi connectivity index (χ2n) is 15.8. The minimum Gasteiger partial charge on any atom is -0.456 e. The van der Waals surface area contributed by atoms with Crippen LogP contribution in [0.15, 0.2) is 208 Å². The van der Waals surface area contributed by atoms with Gasteiger partial charge in [-0.25, -0.2) is 15.0 Å². The number of furan rings is 3. The molecular formula is C56H32N4O3. The Morgan fingerprint density at radius 2 is 0.873 bits per heavy atom. The zero-order valence-corrected chi connectivity index (χ0v) is 33.5. The molecule has 0 fully saturated rings. The molecule has 0 radical (unpaired) electrons. The van der Waals surface area contributed by atoms with E-state index in [0.29, 0.717) is 17.5 Å². The summed E-state index contributed by atoms with van der Waals surface area (Å²) < 4.78 is 19.2. The molecule has 0 amide bonds. The molecule has 0 unspecified atom stereocenters. The monoisotopic (exact) mass is 808 g/mol. The maximum atomic E-state index is 6.71. The largest absolute Gasteiger partial charge is 0.456 e. The zero-order valence-electron chi connectivity index (χ0n) is 33.5. The van der Waals surface area contributed by atoms with Gasteiger partial charge < -0.3 is 13.3 Å². The van der Waals surface area contributed by atoms with Crippen molar-refractivity contribution in [3.8, 4) is 67.5 Å². The smallest absolute Gasteiger partial charge is 0.164 e. The Bertz CT molecular complexity index is 3920. The van der Waals surface area contributed by atoms with Gasteiger partial charge in [-0.15, -0.1) is 0 Å². The predicted molar refractivity (Wildman–Crippen MR) is 252 cm³/mol. The SMILES string of the molecule is c1cncc(-c2ccccc2-c2nc(-c3ccc(-c4ccc(-c5ccc6oc7ccccc7c6c5)c5oc6ccccc6c45)cc3)nc(-c3ccc4c(c3)oc3ccccc34)n2)c1. The van der Waals surface area contributed by atoms with Crippen molar-refractivity contribution in [3.63, 3.8) is 0 Å². The van der Waals surface area contributed by atoms with Crippen molar-refractivity contribution in [3.05, 3.63) is 194 Å². The van der Waals surface area contributed by atoms with Gasteiger partial charge in [0.15, 0.2) is 17.5 Å². The third kappa shape index (κ3) is 5.75. The second-order valence-corrected chi connectivity index (χ2v) is 15.8. The summed E-state index contributed by atoms with van der Waals surface area (Å²) >= 11 is 0. The first-order valence-electron chi connectivity index (χ1n) is 20.8. The maximum Gasteiger partial charge on any atom is 0.164 e. The fourth-order valence-corrected chi connectivity index (χ4v) is 9.06. The van der Waals surface area contributed by atoms with Crippen molar-refractivity contribution in [1.29, 1.82) is 0 Å². The Morgan fingerprint density at radius 1 is 0.302 bits per heavy atom. The fourth-order valence-electron chi connectivity index (χ4n) is 9.06. The van der Waals surface area contributed by atoms with Gasteiger partial charge in [0.25, 0.3) is 0 Å². The molecule has 0 bridgehead atoms. The summed E-state index contributed by atoms with van der Waals surface area (Å²) in [4.78, 5) is 19.8. The summed E-state index contributed by atoms with van der Waals surface area (Å²) in [6.45, 7) is 0. The minimum absolute atomic E-state index is 0.547. The fraction of sp³-hybridized carbons (Fsp3) is 0. The highest BCUT2D eigenvalue weighted by molar-refractivity contribution is 6.17. The highest BCUT2D eigenvalue weighted by atomic mass is 16.3. The van der Waals surface area contributed by atoms with Gasteiger partial charge in [0.2, 0.25) is 0 Å². The number of hydrogen-bond donors (Lipinski definition) is 0. The van der Waals surface area contributed by atoms with Crippen molar-refractivity contribution in [1.82, 2.24) is 19.9 Å². The number of hydrogen-bond acceptors (Lipinski definition) is 7. The lowest BCUT2D eigenvalue weighted by Crippen LogP contribution is -2.01. The number of fused-ring (bicyclic) bond motifs is 9. The molecule has 0 saturated carbocycles. The van der Waals surface area contributed by atoms with Gasteiger partial charge >= 0.3 is 0 Å². The first-order chi connectivity index (χ1) is 31.2. The quantitative estimate of drug-likeness (QED) is 0.165. The summed E-state index contributed by atoms with van der Waals surface area (Å²) in [7, 11) is 0. The van der Waals surface area contributed by atoms with Crippen LogP contribution in [0.1, 0.15) is 0 Å². The van der Waals surface area contributed by atoms with E-state index in [9.17, 15) is 0 Å². The normalized spacial score (nSPS) is 11.8. The van der Waals surface area contributed by atoms with Crippen LogP contribution < -0.4 is 0 Å². The molecular weight excluding hydrogens is 777 g/mol. The molecule has 8 aromatic carbocycles. The number of benzene rings is 8. The van der Waals surface area contributed by atoms with Crippen molar-refractivity contribution in [2.45, 2.75) is 0 Å². The molecule has 5 heterocycles. The molecule has 5 aromatic heterocycles. The summed E-state index contributed by atoms with van der Waals surface area (Å²) in [5, 5.41) is 6.40. The van der Waals surface area contributed by atoms with Gasteiger partial charge in [-0.1, -0.05) is 127 Å². The van der Waals surface area contributed by atoms with Crippen LogP contribution in [0, 0.1) is 0 Å². The number of nitrogens with zero attached hydrogens (tertiary/aromatic N) is 4. The molecule has 13 aromatic rings. The van der Waals surface area contributed by atoms with Gasteiger partial charge in [-0.05, 0) is 76.9 Å². The minimum atomic E-state index is 0.547. The topological polar surface area (TPSA) is 91.0 Å². The van der Waals surface area contributed by atoms with E-state index in [-0.39, 0.29) is 0 Å². The summed E-state index contributed by atoms with van der Waals surface area (Å²) in [6, 6.07) is 62.0. The Morgan fingerprint density at radius 3 is 1.65 bits per heavy atom. The Labute approximate surface area is 359 Å². The van der Waals surface area contributed by atoms with Crippen LogP contribution in [0.5, 0.6) is 0 Å². The molecule has 0 aliphatic carbocycles. The third-order valence-corrected chi connectivity index (χ3v) is 12.1. The van der Waals surface area contributed by atoms with Crippen LogP contribution in [-0.4, -0.2) is 19.9 Å². The Balaban J connectivity index is 0.948. The van der Waals surface area contributed by atoms with Crippen molar-refractivity contribution >= 4 is 65.8 Å². The van der Waals surface area contributed by atoms with Crippen LogP contribution >= 0.6 is 0 Å². The van der Waals surface area contributed by atoms with Gasteiger partial charge in [0.05, 0.1) is 0 Å².